The molecule has 0 spiro atoms. The molecule has 1 atom stereocenters. The Balaban J connectivity index is 2.08. The number of rotatable bonds is 5. The first kappa shape index (κ1) is 14.1. The van der Waals surface area contributed by atoms with Crippen LogP contribution in [0, 0.1) is 11.3 Å². The first-order chi connectivity index (χ1) is 9.74. The Morgan fingerprint density at radius 3 is 2.50 bits per heavy atom. The molecule has 0 fully saturated rings. The Morgan fingerprint density at radius 2 is 1.85 bits per heavy atom. The maximum atomic E-state index is 8.77. The molecular formula is C17H18N2O. The van der Waals surface area contributed by atoms with E-state index >= 15 is 0 Å². The molecule has 0 aliphatic rings. The SMILES string of the molecule is CNC(C)c1ccccc1OCc1ccc(C#N)cc1. The highest BCUT2D eigenvalue weighted by Gasteiger charge is 2.09. The summed E-state index contributed by atoms with van der Waals surface area (Å²) in [7, 11) is 1.93. The molecule has 0 aliphatic carbocycles. The van der Waals surface area contributed by atoms with Gasteiger partial charge in [0.15, 0.2) is 0 Å². The second-order valence-electron chi connectivity index (χ2n) is 4.65. The predicted octanol–water partition coefficient (Wildman–Crippen LogP) is 3.42. The van der Waals surface area contributed by atoms with E-state index in [1.54, 1.807) is 12.1 Å². The molecular weight excluding hydrogens is 248 g/mol. The molecule has 0 saturated carbocycles. The lowest BCUT2D eigenvalue weighted by Crippen LogP contribution is -2.13. The lowest BCUT2D eigenvalue weighted by Gasteiger charge is -2.16. The van der Waals surface area contributed by atoms with Crippen LogP contribution in [0.2, 0.25) is 0 Å². The van der Waals surface area contributed by atoms with E-state index in [2.05, 4.69) is 24.4 Å². The van der Waals surface area contributed by atoms with E-state index in [-0.39, 0.29) is 6.04 Å². The summed E-state index contributed by atoms with van der Waals surface area (Å²) in [6.45, 7) is 2.60. The molecule has 2 aromatic rings. The average Bonchev–Trinajstić information content (AvgIpc) is 2.53. The quantitative estimate of drug-likeness (QED) is 0.902. The van der Waals surface area contributed by atoms with Gasteiger partial charge in [-0.15, -0.1) is 0 Å². The maximum absolute atomic E-state index is 8.77. The van der Waals surface area contributed by atoms with Crippen LogP contribution in [0.4, 0.5) is 0 Å². The van der Waals surface area contributed by atoms with E-state index in [9.17, 15) is 0 Å². The molecule has 0 radical (unpaired) electrons. The Labute approximate surface area is 119 Å². The van der Waals surface area contributed by atoms with E-state index in [1.807, 2.05) is 37.4 Å². The Hall–Kier alpha value is -2.31. The fourth-order valence-corrected chi connectivity index (χ4v) is 1.96. The van der Waals surface area contributed by atoms with Crippen LogP contribution in [0.25, 0.3) is 0 Å². The summed E-state index contributed by atoms with van der Waals surface area (Å²) in [5.41, 5.74) is 2.86. The molecule has 20 heavy (non-hydrogen) atoms. The number of nitrogens with zero attached hydrogens (tertiary/aromatic N) is 1. The molecule has 0 saturated heterocycles. The number of nitrogens with one attached hydrogen (secondary N) is 1. The first-order valence-electron chi connectivity index (χ1n) is 6.62. The summed E-state index contributed by atoms with van der Waals surface area (Å²) in [4.78, 5) is 0. The summed E-state index contributed by atoms with van der Waals surface area (Å²) in [6.07, 6.45) is 0. The molecule has 0 heterocycles. The number of para-hydroxylation sites is 1. The Bertz CT molecular complexity index is 599. The van der Waals surface area contributed by atoms with Crippen molar-refractivity contribution in [2.45, 2.75) is 19.6 Å². The van der Waals surface area contributed by atoms with Crippen LogP contribution in [0.3, 0.4) is 0 Å². The zero-order valence-corrected chi connectivity index (χ0v) is 11.8. The standard InChI is InChI=1S/C17H18N2O/c1-13(19-2)16-5-3-4-6-17(16)20-12-15-9-7-14(11-18)8-10-15/h3-10,13,19H,12H2,1-2H3. The topological polar surface area (TPSA) is 45.0 Å². The molecule has 3 heteroatoms. The minimum atomic E-state index is 0.243. The van der Waals surface area contributed by atoms with E-state index in [0.717, 1.165) is 16.9 Å². The van der Waals surface area contributed by atoms with Crippen molar-refractivity contribution >= 4 is 0 Å². The third kappa shape index (κ3) is 3.37. The van der Waals surface area contributed by atoms with Crippen molar-refractivity contribution in [3.8, 4) is 11.8 Å². The Kier molecular flexibility index (Phi) is 4.75. The Morgan fingerprint density at radius 1 is 1.15 bits per heavy atom. The van der Waals surface area contributed by atoms with Gasteiger partial charge in [0.05, 0.1) is 11.6 Å². The molecule has 102 valence electrons. The third-order valence-corrected chi connectivity index (χ3v) is 3.30. The van der Waals surface area contributed by atoms with Crippen molar-refractivity contribution < 1.29 is 4.74 Å². The van der Waals surface area contributed by atoms with Gasteiger partial charge >= 0.3 is 0 Å². The monoisotopic (exact) mass is 266 g/mol. The van der Waals surface area contributed by atoms with Crippen LogP contribution in [0.1, 0.15) is 29.7 Å². The van der Waals surface area contributed by atoms with Gasteiger partial charge in [0.2, 0.25) is 0 Å². The average molecular weight is 266 g/mol. The molecule has 2 rings (SSSR count). The molecule has 0 aliphatic heterocycles. The molecule has 1 N–H and O–H groups in total. The molecule has 3 nitrogen and oxygen atoms in total. The fraction of sp³-hybridized carbons (Fsp3) is 0.235. The number of ether oxygens (including phenoxy) is 1. The highest BCUT2D eigenvalue weighted by atomic mass is 16.5. The lowest BCUT2D eigenvalue weighted by molar-refractivity contribution is 0.300. The summed E-state index contributed by atoms with van der Waals surface area (Å²) in [6, 6.07) is 17.8. The number of nitriles is 1. The fourth-order valence-electron chi connectivity index (χ4n) is 1.96. The van der Waals surface area contributed by atoms with Gasteiger partial charge in [0.1, 0.15) is 12.4 Å². The van der Waals surface area contributed by atoms with Crippen molar-refractivity contribution in [2.75, 3.05) is 7.05 Å². The minimum absolute atomic E-state index is 0.243. The molecule has 2 aromatic carbocycles. The largest absolute Gasteiger partial charge is 0.489 e. The van der Waals surface area contributed by atoms with Gasteiger partial charge < -0.3 is 10.1 Å². The molecule has 1 unspecified atom stereocenters. The van der Waals surface area contributed by atoms with Crippen molar-refractivity contribution in [2.24, 2.45) is 0 Å². The van der Waals surface area contributed by atoms with Crippen LogP contribution in [0.15, 0.2) is 48.5 Å². The molecule has 0 amide bonds. The smallest absolute Gasteiger partial charge is 0.124 e. The second-order valence-corrected chi connectivity index (χ2v) is 4.65. The summed E-state index contributed by atoms with van der Waals surface area (Å²) >= 11 is 0. The van der Waals surface area contributed by atoms with E-state index in [4.69, 9.17) is 10.00 Å². The minimum Gasteiger partial charge on any atom is -0.489 e. The van der Waals surface area contributed by atoms with Gasteiger partial charge in [0, 0.05) is 11.6 Å². The van der Waals surface area contributed by atoms with Gasteiger partial charge in [-0.2, -0.15) is 5.26 Å². The summed E-state index contributed by atoms with van der Waals surface area (Å²) in [5.74, 6) is 0.888. The van der Waals surface area contributed by atoms with Crippen LogP contribution in [-0.2, 0) is 6.61 Å². The van der Waals surface area contributed by atoms with E-state index in [1.165, 1.54) is 0 Å². The number of benzene rings is 2. The second kappa shape index (κ2) is 6.74. The number of hydrogen-bond donors (Lipinski definition) is 1. The van der Waals surface area contributed by atoms with Crippen LogP contribution >= 0.6 is 0 Å². The predicted molar refractivity (Wildman–Crippen MR) is 79.4 cm³/mol. The normalized spacial score (nSPS) is 11.7. The van der Waals surface area contributed by atoms with Gasteiger partial charge in [-0.3, -0.25) is 0 Å². The highest BCUT2D eigenvalue weighted by Crippen LogP contribution is 2.25. The van der Waals surface area contributed by atoms with Crippen molar-refractivity contribution in [1.29, 1.82) is 5.26 Å². The third-order valence-electron chi connectivity index (χ3n) is 3.30. The van der Waals surface area contributed by atoms with Crippen molar-refractivity contribution in [3.05, 3.63) is 65.2 Å². The zero-order chi connectivity index (χ0) is 14.4. The van der Waals surface area contributed by atoms with Crippen molar-refractivity contribution in [1.82, 2.24) is 5.32 Å². The maximum Gasteiger partial charge on any atom is 0.124 e. The van der Waals surface area contributed by atoms with Crippen LogP contribution < -0.4 is 10.1 Å². The summed E-state index contributed by atoms with van der Waals surface area (Å²) in [5, 5.41) is 12.0. The number of hydrogen-bond acceptors (Lipinski definition) is 3. The van der Waals surface area contributed by atoms with Gasteiger partial charge in [-0.25, -0.2) is 0 Å². The van der Waals surface area contributed by atoms with Gasteiger partial charge in [-0.05, 0) is 37.7 Å². The molecule has 0 bridgehead atoms. The zero-order valence-electron chi connectivity index (χ0n) is 11.8. The van der Waals surface area contributed by atoms with E-state index in [0.29, 0.717) is 12.2 Å². The van der Waals surface area contributed by atoms with Crippen LogP contribution in [-0.4, -0.2) is 7.05 Å². The first-order valence-corrected chi connectivity index (χ1v) is 6.62. The van der Waals surface area contributed by atoms with E-state index < -0.39 is 0 Å². The molecule has 0 aromatic heterocycles. The van der Waals surface area contributed by atoms with Crippen molar-refractivity contribution in [3.63, 3.8) is 0 Å². The van der Waals surface area contributed by atoms with Gasteiger partial charge in [0.25, 0.3) is 0 Å². The summed E-state index contributed by atoms with van der Waals surface area (Å²) < 4.78 is 5.90. The lowest BCUT2D eigenvalue weighted by atomic mass is 10.1. The van der Waals surface area contributed by atoms with Crippen LogP contribution in [0.5, 0.6) is 5.75 Å². The van der Waals surface area contributed by atoms with Gasteiger partial charge in [-0.1, -0.05) is 30.3 Å². The highest BCUT2D eigenvalue weighted by molar-refractivity contribution is 5.36.